The summed E-state index contributed by atoms with van der Waals surface area (Å²) in [5, 5.41) is 14.4. The van der Waals surface area contributed by atoms with Gasteiger partial charge in [-0.15, -0.1) is 11.3 Å². The molecule has 5 nitrogen and oxygen atoms in total. The normalized spacial score (nSPS) is 10.6. The number of para-hydroxylation sites is 1. The topological polar surface area (TPSA) is 75.1 Å². The summed E-state index contributed by atoms with van der Waals surface area (Å²) in [4.78, 5) is 24.5. The second-order valence-electron chi connectivity index (χ2n) is 4.12. The summed E-state index contributed by atoms with van der Waals surface area (Å²) in [6.45, 7) is 0. The number of ketones is 1. The Kier molecular flexibility index (Phi) is 3.00. The van der Waals surface area contributed by atoms with Gasteiger partial charge in [0.2, 0.25) is 11.7 Å². The first-order valence-electron chi connectivity index (χ1n) is 5.86. The molecule has 2 N–H and O–H groups in total. The first-order valence-corrected chi connectivity index (χ1v) is 6.74. The van der Waals surface area contributed by atoms with E-state index in [9.17, 15) is 14.7 Å². The van der Waals surface area contributed by atoms with E-state index in [-0.39, 0.29) is 11.4 Å². The molecule has 6 heteroatoms. The number of H-pyrrole nitrogens is 1. The van der Waals surface area contributed by atoms with Crippen LogP contribution >= 0.6 is 11.3 Å². The highest BCUT2D eigenvalue weighted by Gasteiger charge is 2.23. The average Bonchev–Trinajstić information content (AvgIpc) is 3.08. The van der Waals surface area contributed by atoms with E-state index >= 15 is 0 Å². The van der Waals surface area contributed by atoms with Gasteiger partial charge in [-0.2, -0.15) is 0 Å². The van der Waals surface area contributed by atoms with E-state index in [1.165, 1.54) is 16.0 Å². The van der Waals surface area contributed by atoms with Gasteiger partial charge >= 0.3 is 0 Å². The first-order chi connectivity index (χ1) is 9.68. The number of carbonyl (C=O) groups excluding carboxylic acids is 1. The molecular weight excluding hydrogens is 276 g/mol. The van der Waals surface area contributed by atoms with Crippen molar-refractivity contribution in [2.45, 2.75) is 0 Å². The highest BCUT2D eigenvalue weighted by molar-refractivity contribution is 7.12. The minimum absolute atomic E-state index is 0.240. The summed E-state index contributed by atoms with van der Waals surface area (Å²) in [6.07, 6.45) is 0. The van der Waals surface area contributed by atoms with E-state index in [0.29, 0.717) is 10.6 Å². The fourth-order valence-electron chi connectivity index (χ4n) is 1.92. The van der Waals surface area contributed by atoms with Crippen LogP contribution in [0.4, 0.5) is 0 Å². The zero-order chi connectivity index (χ0) is 14.1. The van der Waals surface area contributed by atoms with Crippen LogP contribution in [0.15, 0.2) is 52.6 Å². The second-order valence-corrected chi connectivity index (χ2v) is 5.06. The van der Waals surface area contributed by atoms with Crippen molar-refractivity contribution in [1.82, 2.24) is 9.78 Å². The Labute approximate surface area is 117 Å². The Hall–Kier alpha value is -2.60. The lowest BCUT2D eigenvalue weighted by atomic mass is 10.2. The maximum Gasteiger partial charge on any atom is 0.279 e. The van der Waals surface area contributed by atoms with Crippen molar-refractivity contribution in [2.75, 3.05) is 0 Å². The van der Waals surface area contributed by atoms with Gasteiger partial charge in [-0.25, -0.2) is 4.68 Å². The summed E-state index contributed by atoms with van der Waals surface area (Å²) >= 11 is 1.23. The van der Waals surface area contributed by atoms with Crippen LogP contribution in [0.25, 0.3) is 5.69 Å². The van der Waals surface area contributed by atoms with Crippen LogP contribution in [-0.2, 0) is 0 Å². The molecule has 0 saturated carbocycles. The van der Waals surface area contributed by atoms with Crippen molar-refractivity contribution in [3.63, 3.8) is 0 Å². The van der Waals surface area contributed by atoms with Gasteiger partial charge in [0.15, 0.2) is 5.56 Å². The Morgan fingerprint density at radius 3 is 2.55 bits per heavy atom. The lowest BCUT2D eigenvalue weighted by Crippen LogP contribution is -2.12. The molecule has 3 aromatic rings. The number of carbonyl (C=O) groups is 1. The van der Waals surface area contributed by atoms with Crippen molar-refractivity contribution in [2.24, 2.45) is 0 Å². The van der Waals surface area contributed by atoms with Crippen molar-refractivity contribution in [1.29, 1.82) is 0 Å². The molecule has 0 spiro atoms. The van der Waals surface area contributed by atoms with E-state index in [2.05, 4.69) is 5.10 Å². The van der Waals surface area contributed by atoms with E-state index in [1.54, 1.807) is 41.8 Å². The van der Waals surface area contributed by atoms with Gasteiger partial charge in [0.1, 0.15) is 0 Å². The molecule has 3 rings (SSSR count). The van der Waals surface area contributed by atoms with Gasteiger partial charge in [0.25, 0.3) is 5.56 Å². The molecule has 0 atom stereocenters. The molecule has 0 aliphatic rings. The van der Waals surface area contributed by atoms with E-state index in [0.717, 1.165) is 0 Å². The number of aromatic amines is 1. The van der Waals surface area contributed by atoms with Crippen molar-refractivity contribution in [3.05, 3.63) is 68.6 Å². The number of hydrogen-bond donors (Lipinski definition) is 2. The third-order valence-electron chi connectivity index (χ3n) is 2.86. The van der Waals surface area contributed by atoms with Gasteiger partial charge < -0.3 is 5.11 Å². The third kappa shape index (κ3) is 1.96. The smallest absolute Gasteiger partial charge is 0.279 e. The molecule has 0 unspecified atom stereocenters. The minimum Gasteiger partial charge on any atom is -0.493 e. The maximum atomic E-state index is 12.2. The Balaban J connectivity index is 2.13. The molecular formula is C14H10N2O3S. The summed E-state index contributed by atoms with van der Waals surface area (Å²) in [5.74, 6) is -0.854. The molecule has 0 radical (unpaired) electrons. The predicted molar refractivity (Wildman–Crippen MR) is 75.8 cm³/mol. The Bertz CT molecular complexity index is 801. The molecule has 20 heavy (non-hydrogen) atoms. The molecule has 0 aliphatic carbocycles. The molecule has 1 aromatic carbocycles. The van der Waals surface area contributed by atoms with Crippen LogP contribution in [0.3, 0.4) is 0 Å². The monoisotopic (exact) mass is 286 g/mol. The summed E-state index contributed by atoms with van der Waals surface area (Å²) in [7, 11) is 0. The van der Waals surface area contributed by atoms with Crippen molar-refractivity contribution >= 4 is 17.1 Å². The van der Waals surface area contributed by atoms with Crippen LogP contribution in [-0.4, -0.2) is 20.7 Å². The molecule has 0 fully saturated rings. The van der Waals surface area contributed by atoms with E-state index < -0.39 is 11.3 Å². The summed E-state index contributed by atoms with van der Waals surface area (Å²) in [6, 6.07) is 12.1. The third-order valence-corrected chi connectivity index (χ3v) is 3.73. The average molecular weight is 286 g/mol. The maximum absolute atomic E-state index is 12.2. The van der Waals surface area contributed by atoms with Crippen LogP contribution in [0, 0.1) is 0 Å². The standard InChI is InChI=1S/C14H10N2O3S/c17-12(10-7-4-8-20-10)11-13(18)15-16(14(11)19)9-5-2-1-3-6-9/h1-8,19H,(H,15,18). The number of benzene rings is 1. The molecule has 100 valence electrons. The molecule has 0 amide bonds. The first kappa shape index (κ1) is 12.4. The summed E-state index contributed by atoms with van der Waals surface area (Å²) < 4.78 is 1.20. The number of nitrogens with zero attached hydrogens (tertiary/aromatic N) is 1. The molecule has 0 saturated heterocycles. The van der Waals surface area contributed by atoms with Gasteiger partial charge in [0, 0.05) is 0 Å². The van der Waals surface area contributed by atoms with Crippen LogP contribution in [0.5, 0.6) is 5.88 Å². The zero-order valence-electron chi connectivity index (χ0n) is 10.2. The SMILES string of the molecule is O=C(c1cccs1)c1c(O)n(-c2ccccc2)[nH]c1=O. The molecule has 2 aromatic heterocycles. The van der Waals surface area contributed by atoms with Crippen molar-refractivity contribution < 1.29 is 9.90 Å². The minimum atomic E-state index is -0.607. The zero-order valence-corrected chi connectivity index (χ0v) is 11.1. The van der Waals surface area contributed by atoms with Gasteiger partial charge in [-0.3, -0.25) is 14.7 Å². The van der Waals surface area contributed by atoms with Gasteiger partial charge in [0.05, 0.1) is 10.6 Å². The quantitative estimate of drug-likeness (QED) is 0.724. The number of thiophene rings is 1. The van der Waals surface area contributed by atoms with Crippen LogP contribution < -0.4 is 5.56 Å². The lowest BCUT2D eigenvalue weighted by molar-refractivity contribution is 0.103. The van der Waals surface area contributed by atoms with Crippen molar-refractivity contribution in [3.8, 4) is 11.6 Å². The lowest BCUT2D eigenvalue weighted by Gasteiger charge is -2.03. The Morgan fingerprint density at radius 1 is 1.15 bits per heavy atom. The number of rotatable bonds is 3. The number of aromatic hydroxyl groups is 1. The highest BCUT2D eigenvalue weighted by Crippen LogP contribution is 2.22. The van der Waals surface area contributed by atoms with Gasteiger partial charge in [-0.05, 0) is 23.6 Å². The van der Waals surface area contributed by atoms with Crippen LogP contribution in [0.2, 0.25) is 0 Å². The number of aromatic nitrogens is 2. The fourth-order valence-corrected chi connectivity index (χ4v) is 2.59. The molecule has 2 heterocycles. The predicted octanol–water partition coefficient (Wildman–Crippen LogP) is 2.16. The summed E-state index contributed by atoms with van der Waals surface area (Å²) in [5.41, 5.74) is -0.270. The van der Waals surface area contributed by atoms with E-state index in [4.69, 9.17) is 0 Å². The van der Waals surface area contributed by atoms with Crippen LogP contribution in [0.1, 0.15) is 15.2 Å². The largest absolute Gasteiger partial charge is 0.493 e. The Morgan fingerprint density at radius 2 is 1.90 bits per heavy atom. The van der Waals surface area contributed by atoms with Gasteiger partial charge in [-0.1, -0.05) is 24.3 Å². The molecule has 0 aliphatic heterocycles. The van der Waals surface area contributed by atoms with E-state index in [1.807, 2.05) is 6.07 Å². The molecule has 0 bridgehead atoms. The fraction of sp³-hybridized carbons (Fsp3) is 0. The number of hydrogen-bond acceptors (Lipinski definition) is 4. The highest BCUT2D eigenvalue weighted by atomic mass is 32.1. The number of nitrogens with one attached hydrogen (secondary N) is 1. The second kappa shape index (κ2) is 4.82.